The van der Waals surface area contributed by atoms with Gasteiger partial charge in [-0.25, -0.2) is 0 Å². The SMILES string of the molecule is O=C1N[C@H](C2CC2)Cc2[nH]c(-c3ccncc3)cc21. The topological polar surface area (TPSA) is 57.8 Å². The zero-order chi connectivity index (χ0) is 12.8. The van der Waals surface area contributed by atoms with Crippen LogP contribution in [0, 0.1) is 5.92 Å². The zero-order valence-corrected chi connectivity index (χ0v) is 10.5. The van der Waals surface area contributed by atoms with E-state index in [2.05, 4.69) is 15.3 Å². The Kier molecular flexibility index (Phi) is 2.24. The second kappa shape index (κ2) is 3.95. The lowest BCUT2D eigenvalue weighted by molar-refractivity contribution is 0.0919. The fourth-order valence-electron chi connectivity index (χ4n) is 2.85. The first kappa shape index (κ1) is 10.8. The third-order valence-corrected chi connectivity index (χ3v) is 4.07. The fraction of sp³-hybridized carbons (Fsp3) is 0.333. The van der Waals surface area contributed by atoms with Crippen molar-refractivity contribution in [2.75, 3.05) is 0 Å². The Labute approximate surface area is 111 Å². The first-order valence-electron chi connectivity index (χ1n) is 6.74. The molecule has 1 saturated carbocycles. The van der Waals surface area contributed by atoms with Crippen LogP contribution in [0.25, 0.3) is 11.3 Å². The Morgan fingerprint density at radius 1 is 1.21 bits per heavy atom. The van der Waals surface area contributed by atoms with Crippen LogP contribution in [0.4, 0.5) is 0 Å². The first-order chi connectivity index (χ1) is 9.31. The number of nitrogens with zero attached hydrogens (tertiary/aromatic N) is 1. The number of amides is 1. The monoisotopic (exact) mass is 253 g/mol. The predicted molar refractivity (Wildman–Crippen MR) is 71.7 cm³/mol. The van der Waals surface area contributed by atoms with Crippen molar-refractivity contribution in [3.8, 4) is 11.3 Å². The van der Waals surface area contributed by atoms with Gasteiger partial charge in [0.1, 0.15) is 0 Å². The van der Waals surface area contributed by atoms with E-state index in [9.17, 15) is 4.79 Å². The van der Waals surface area contributed by atoms with Crippen molar-refractivity contribution in [1.29, 1.82) is 0 Å². The molecule has 0 unspecified atom stereocenters. The Hall–Kier alpha value is -2.10. The molecule has 1 fully saturated rings. The molecule has 3 heterocycles. The van der Waals surface area contributed by atoms with E-state index < -0.39 is 0 Å². The Morgan fingerprint density at radius 2 is 2.00 bits per heavy atom. The highest BCUT2D eigenvalue weighted by molar-refractivity contribution is 5.98. The summed E-state index contributed by atoms with van der Waals surface area (Å²) in [6.45, 7) is 0. The molecule has 96 valence electrons. The molecule has 0 bridgehead atoms. The van der Waals surface area contributed by atoms with E-state index in [0.717, 1.165) is 28.9 Å². The van der Waals surface area contributed by atoms with Gasteiger partial charge in [0, 0.05) is 41.8 Å². The number of aromatic nitrogens is 2. The highest BCUT2D eigenvalue weighted by atomic mass is 16.1. The van der Waals surface area contributed by atoms with Gasteiger partial charge in [0.15, 0.2) is 0 Å². The number of rotatable bonds is 2. The van der Waals surface area contributed by atoms with Crippen LogP contribution < -0.4 is 5.32 Å². The maximum atomic E-state index is 12.1. The van der Waals surface area contributed by atoms with Gasteiger partial charge in [-0.1, -0.05) is 0 Å². The standard InChI is InChI=1S/C15H15N3O/c19-15-11-7-12(10-3-5-16-6-4-10)17-14(11)8-13(18-15)9-1-2-9/h3-7,9,13,17H,1-2,8H2,(H,18,19)/t13-/m0/s1. The summed E-state index contributed by atoms with van der Waals surface area (Å²) in [6.07, 6.45) is 6.96. The van der Waals surface area contributed by atoms with Gasteiger partial charge in [0.25, 0.3) is 5.91 Å². The third-order valence-electron chi connectivity index (χ3n) is 4.07. The molecular weight excluding hydrogens is 238 g/mol. The number of aromatic amines is 1. The minimum atomic E-state index is 0.0645. The summed E-state index contributed by atoms with van der Waals surface area (Å²) >= 11 is 0. The summed E-state index contributed by atoms with van der Waals surface area (Å²) in [6, 6.07) is 6.17. The van der Waals surface area contributed by atoms with Crippen LogP contribution in [-0.2, 0) is 6.42 Å². The molecule has 1 aliphatic heterocycles. The number of pyridine rings is 1. The summed E-state index contributed by atoms with van der Waals surface area (Å²) < 4.78 is 0. The quantitative estimate of drug-likeness (QED) is 0.861. The Balaban J connectivity index is 1.71. The maximum Gasteiger partial charge on any atom is 0.253 e. The van der Waals surface area contributed by atoms with Crippen LogP contribution in [0.15, 0.2) is 30.6 Å². The Bertz CT molecular complexity index is 628. The minimum Gasteiger partial charge on any atom is -0.358 e. The summed E-state index contributed by atoms with van der Waals surface area (Å²) in [4.78, 5) is 19.6. The number of H-pyrrole nitrogens is 1. The average molecular weight is 253 g/mol. The molecule has 1 amide bonds. The molecule has 4 heteroatoms. The number of nitrogens with one attached hydrogen (secondary N) is 2. The molecule has 2 aromatic rings. The van der Waals surface area contributed by atoms with Gasteiger partial charge < -0.3 is 10.3 Å². The summed E-state index contributed by atoms with van der Waals surface area (Å²) in [5.41, 5.74) is 3.94. The van der Waals surface area contributed by atoms with Crippen LogP contribution in [-0.4, -0.2) is 21.9 Å². The fourth-order valence-corrected chi connectivity index (χ4v) is 2.85. The molecule has 2 aromatic heterocycles. The van der Waals surface area contributed by atoms with Crippen molar-refractivity contribution in [2.24, 2.45) is 5.92 Å². The third kappa shape index (κ3) is 1.84. The summed E-state index contributed by atoms with van der Waals surface area (Å²) in [5.74, 6) is 0.750. The van der Waals surface area contributed by atoms with Gasteiger partial charge in [-0.3, -0.25) is 9.78 Å². The zero-order valence-electron chi connectivity index (χ0n) is 10.5. The molecule has 4 nitrogen and oxygen atoms in total. The van der Waals surface area contributed by atoms with Crippen molar-refractivity contribution in [1.82, 2.24) is 15.3 Å². The van der Waals surface area contributed by atoms with Crippen molar-refractivity contribution in [3.05, 3.63) is 41.9 Å². The Morgan fingerprint density at radius 3 is 2.74 bits per heavy atom. The molecule has 2 aliphatic rings. The smallest absolute Gasteiger partial charge is 0.253 e. The van der Waals surface area contributed by atoms with Crippen molar-refractivity contribution < 1.29 is 4.79 Å². The summed E-state index contributed by atoms with van der Waals surface area (Å²) in [7, 11) is 0. The van der Waals surface area contributed by atoms with Gasteiger partial charge in [-0.15, -0.1) is 0 Å². The van der Waals surface area contributed by atoms with E-state index >= 15 is 0 Å². The largest absolute Gasteiger partial charge is 0.358 e. The molecule has 0 aromatic carbocycles. The molecular formula is C15H15N3O. The molecule has 1 atom stereocenters. The van der Waals surface area contributed by atoms with E-state index in [0.29, 0.717) is 12.0 Å². The van der Waals surface area contributed by atoms with Crippen LogP contribution in [0.2, 0.25) is 0 Å². The predicted octanol–water partition coefficient (Wildman–Crippen LogP) is 2.14. The van der Waals surface area contributed by atoms with Crippen molar-refractivity contribution in [2.45, 2.75) is 25.3 Å². The lowest BCUT2D eigenvalue weighted by Gasteiger charge is -2.23. The van der Waals surface area contributed by atoms with Crippen LogP contribution in [0.5, 0.6) is 0 Å². The highest BCUT2D eigenvalue weighted by Crippen LogP contribution is 2.36. The number of hydrogen-bond donors (Lipinski definition) is 2. The number of fused-ring (bicyclic) bond motifs is 1. The second-order valence-corrected chi connectivity index (χ2v) is 5.43. The highest BCUT2D eigenvalue weighted by Gasteiger charge is 2.36. The van der Waals surface area contributed by atoms with E-state index in [1.807, 2.05) is 18.2 Å². The lowest BCUT2D eigenvalue weighted by atomic mass is 9.99. The molecule has 0 spiro atoms. The first-order valence-corrected chi connectivity index (χ1v) is 6.74. The van der Waals surface area contributed by atoms with Crippen molar-refractivity contribution >= 4 is 5.91 Å². The van der Waals surface area contributed by atoms with Crippen LogP contribution in [0.1, 0.15) is 28.9 Å². The van der Waals surface area contributed by atoms with Crippen molar-refractivity contribution in [3.63, 3.8) is 0 Å². The van der Waals surface area contributed by atoms with Gasteiger partial charge in [-0.05, 0) is 37.0 Å². The van der Waals surface area contributed by atoms with Gasteiger partial charge in [0.2, 0.25) is 0 Å². The van der Waals surface area contributed by atoms with E-state index in [1.165, 1.54) is 12.8 Å². The molecule has 19 heavy (non-hydrogen) atoms. The number of carbonyl (C=O) groups is 1. The maximum absolute atomic E-state index is 12.1. The van der Waals surface area contributed by atoms with Crippen LogP contribution in [0.3, 0.4) is 0 Å². The minimum absolute atomic E-state index is 0.0645. The number of carbonyl (C=O) groups excluding carboxylic acids is 1. The van der Waals surface area contributed by atoms with E-state index in [1.54, 1.807) is 12.4 Å². The molecule has 0 radical (unpaired) electrons. The molecule has 0 saturated heterocycles. The average Bonchev–Trinajstić information content (AvgIpc) is 3.19. The lowest BCUT2D eigenvalue weighted by Crippen LogP contribution is -2.42. The second-order valence-electron chi connectivity index (χ2n) is 5.43. The summed E-state index contributed by atoms with van der Waals surface area (Å²) in [5, 5.41) is 3.13. The van der Waals surface area contributed by atoms with Crippen LogP contribution >= 0.6 is 0 Å². The molecule has 2 N–H and O–H groups in total. The van der Waals surface area contributed by atoms with Gasteiger partial charge in [0.05, 0.1) is 5.56 Å². The molecule has 4 rings (SSSR count). The van der Waals surface area contributed by atoms with E-state index in [-0.39, 0.29) is 5.91 Å². The normalized spacial score (nSPS) is 21.9. The van der Waals surface area contributed by atoms with Gasteiger partial charge in [-0.2, -0.15) is 0 Å². The number of hydrogen-bond acceptors (Lipinski definition) is 2. The molecule has 1 aliphatic carbocycles. The van der Waals surface area contributed by atoms with Gasteiger partial charge >= 0.3 is 0 Å². The van der Waals surface area contributed by atoms with E-state index in [4.69, 9.17) is 0 Å².